The van der Waals surface area contributed by atoms with Gasteiger partial charge in [-0.2, -0.15) is 0 Å². The molecule has 0 spiro atoms. The van der Waals surface area contributed by atoms with Crippen molar-refractivity contribution in [1.29, 1.82) is 0 Å². The third-order valence-corrected chi connectivity index (χ3v) is 4.26. The van der Waals surface area contributed by atoms with Crippen molar-refractivity contribution in [1.82, 2.24) is 14.7 Å². The lowest BCUT2D eigenvalue weighted by Crippen LogP contribution is -2.45. The Morgan fingerprint density at radius 1 is 1.55 bits per heavy atom. The summed E-state index contributed by atoms with van der Waals surface area (Å²) in [7, 11) is 0. The molecule has 1 amide bonds. The second-order valence-corrected chi connectivity index (χ2v) is 5.59. The monoisotopic (exact) mass is 295 g/mol. The zero-order valence-corrected chi connectivity index (χ0v) is 12.2. The van der Waals surface area contributed by atoms with Gasteiger partial charge in [-0.25, -0.2) is 9.78 Å². The lowest BCUT2D eigenvalue weighted by molar-refractivity contribution is -0.143. The van der Waals surface area contributed by atoms with Crippen molar-refractivity contribution in [2.24, 2.45) is 5.92 Å². The van der Waals surface area contributed by atoms with Gasteiger partial charge in [0, 0.05) is 23.5 Å². The van der Waals surface area contributed by atoms with Crippen molar-refractivity contribution < 1.29 is 14.7 Å². The quantitative estimate of drug-likeness (QED) is 0.847. The smallest absolute Gasteiger partial charge is 0.326 e. The molecule has 0 aromatic carbocycles. The fourth-order valence-corrected chi connectivity index (χ4v) is 2.82. The molecule has 0 fully saturated rings. The van der Waals surface area contributed by atoms with Gasteiger partial charge in [-0.05, 0) is 5.92 Å². The van der Waals surface area contributed by atoms with Gasteiger partial charge in [-0.15, -0.1) is 11.3 Å². The fourth-order valence-electron chi connectivity index (χ4n) is 1.97. The van der Waals surface area contributed by atoms with E-state index in [9.17, 15) is 9.59 Å². The maximum absolute atomic E-state index is 12.0. The Bertz CT molecular complexity index is 619. The maximum atomic E-state index is 12.0. The van der Waals surface area contributed by atoms with Crippen LogP contribution in [0.3, 0.4) is 0 Å². The first kappa shape index (κ1) is 14.5. The summed E-state index contributed by atoms with van der Waals surface area (Å²) in [5, 5.41) is 13.6. The minimum Gasteiger partial charge on any atom is -0.480 e. The highest BCUT2D eigenvalue weighted by molar-refractivity contribution is 7.15. The van der Waals surface area contributed by atoms with Crippen LogP contribution in [0.15, 0.2) is 17.8 Å². The summed E-state index contributed by atoms with van der Waals surface area (Å²) in [6.07, 6.45) is 4.31. The lowest BCUT2D eigenvalue weighted by atomic mass is 9.99. The van der Waals surface area contributed by atoms with Gasteiger partial charge < -0.3 is 10.4 Å². The second kappa shape index (κ2) is 6.04. The first-order valence-electron chi connectivity index (χ1n) is 6.44. The molecule has 6 nitrogen and oxygen atoms in total. The van der Waals surface area contributed by atoms with E-state index in [4.69, 9.17) is 5.11 Å². The average molecular weight is 295 g/mol. The van der Waals surface area contributed by atoms with E-state index in [2.05, 4.69) is 10.3 Å². The Labute approximate surface area is 120 Å². The van der Waals surface area contributed by atoms with Gasteiger partial charge in [0.1, 0.15) is 6.04 Å². The van der Waals surface area contributed by atoms with Crippen LogP contribution >= 0.6 is 11.3 Å². The number of carboxylic acids is 1. The van der Waals surface area contributed by atoms with Crippen LogP contribution in [0.5, 0.6) is 0 Å². The number of carbonyl (C=O) groups is 2. The minimum atomic E-state index is -0.995. The molecule has 0 saturated carbocycles. The van der Waals surface area contributed by atoms with Gasteiger partial charge in [0.15, 0.2) is 4.96 Å². The van der Waals surface area contributed by atoms with Crippen LogP contribution in [0.1, 0.15) is 26.0 Å². The summed E-state index contributed by atoms with van der Waals surface area (Å²) in [5.41, 5.74) is 0.813. The summed E-state index contributed by atoms with van der Waals surface area (Å²) in [6, 6.07) is -0.843. The molecular formula is C13H17N3O3S. The summed E-state index contributed by atoms with van der Waals surface area (Å²) >= 11 is 1.45. The van der Waals surface area contributed by atoms with Crippen LogP contribution in [-0.2, 0) is 16.0 Å². The van der Waals surface area contributed by atoms with Crippen molar-refractivity contribution in [2.45, 2.75) is 32.7 Å². The lowest BCUT2D eigenvalue weighted by Gasteiger charge is -2.19. The van der Waals surface area contributed by atoms with Gasteiger partial charge in [0.05, 0.1) is 6.42 Å². The molecular weight excluding hydrogens is 278 g/mol. The van der Waals surface area contributed by atoms with Gasteiger partial charge in [-0.3, -0.25) is 9.20 Å². The molecule has 2 N–H and O–H groups in total. The van der Waals surface area contributed by atoms with Crippen LogP contribution in [0.25, 0.3) is 4.96 Å². The van der Waals surface area contributed by atoms with Gasteiger partial charge >= 0.3 is 5.97 Å². The number of nitrogens with one attached hydrogen (secondary N) is 1. The molecule has 7 heteroatoms. The van der Waals surface area contributed by atoms with Crippen molar-refractivity contribution in [3.63, 3.8) is 0 Å². The van der Waals surface area contributed by atoms with E-state index < -0.39 is 12.0 Å². The van der Waals surface area contributed by atoms with E-state index in [1.165, 1.54) is 11.3 Å². The number of imidazole rings is 1. The Balaban J connectivity index is 2.05. The molecule has 20 heavy (non-hydrogen) atoms. The third-order valence-electron chi connectivity index (χ3n) is 3.35. The van der Waals surface area contributed by atoms with E-state index in [0.717, 1.165) is 10.7 Å². The molecule has 2 unspecified atom stereocenters. The van der Waals surface area contributed by atoms with E-state index in [1.54, 1.807) is 12.4 Å². The summed E-state index contributed by atoms with van der Waals surface area (Å²) in [6.45, 7) is 3.72. The summed E-state index contributed by atoms with van der Waals surface area (Å²) in [5.74, 6) is -1.39. The van der Waals surface area contributed by atoms with E-state index >= 15 is 0 Å². The predicted molar refractivity (Wildman–Crippen MR) is 75.8 cm³/mol. The molecule has 0 radical (unpaired) electrons. The molecule has 2 atom stereocenters. The Hall–Kier alpha value is -1.89. The van der Waals surface area contributed by atoms with Gasteiger partial charge in [-0.1, -0.05) is 20.3 Å². The second-order valence-electron chi connectivity index (χ2n) is 4.75. The highest BCUT2D eigenvalue weighted by Crippen LogP contribution is 2.15. The number of aliphatic carboxylic acids is 1. The highest BCUT2D eigenvalue weighted by Gasteiger charge is 2.25. The Morgan fingerprint density at radius 3 is 2.95 bits per heavy atom. The van der Waals surface area contributed by atoms with Crippen LogP contribution in [0, 0.1) is 5.92 Å². The standard InChI is InChI=1S/C13H17N3O3S/c1-3-8(2)11(12(18)19)15-10(17)6-9-7-20-13-14-4-5-16(9)13/h4-5,7-8,11H,3,6H2,1-2H3,(H,15,17)(H,18,19). The number of carboxylic acid groups (broad SMARTS) is 1. The first-order chi connectivity index (χ1) is 9.52. The van der Waals surface area contributed by atoms with Crippen LogP contribution in [0.4, 0.5) is 0 Å². The predicted octanol–water partition coefficient (Wildman–Crippen LogP) is 1.55. The Kier molecular flexibility index (Phi) is 4.39. The normalized spacial score (nSPS) is 14.1. The highest BCUT2D eigenvalue weighted by atomic mass is 32.1. The van der Waals surface area contributed by atoms with Crippen LogP contribution in [0.2, 0.25) is 0 Å². The number of fused-ring (bicyclic) bond motifs is 1. The van der Waals surface area contributed by atoms with Crippen LogP contribution in [-0.4, -0.2) is 32.4 Å². The van der Waals surface area contributed by atoms with Crippen molar-refractivity contribution in [3.05, 3.63) is 23.5 Å². The van der Waals surface area contributed by atoms with E-state index in [-0.39, 0.29) is 18.2 Å². The van der Waals surface area contributed by atoms with Crippen molar-refractivity contribution in [2.75, 3.05) is 0 Å². The van der Waals surface area contributed by atoms with Gasteiger partial charge in [0.2, 0.25) is 5.91 Å². The SMILES string of the molecule is CCC(C)C(NC(=O)Cc1csc2nccn12)C(=O)O. The molecule has 108 valence electrons. The van der Waals surface area contributed by atoms with E-state index in [0.29, 0.717) is 6.42 Å². The number of hydrogen-bond acceptors (Lipinski definition) is 4. The first-order valence-corrected chi connectivity index (χ1v) is 7.32. The molecule has 0 bridgehead atoms. The van der Waals surface area contributed by atoms with Crippen LogP contribution < -0.4 is 5.32 Å². The molecule has 2 rings (SSSR count). The topological polar surface area (TPSA) is 83.7 Å². The number of rotatable bonds is 6. The number of nitrogens with zero attached hydrogens (tertiary/aromatic N) is 2. The molecule has 0 aliphatic rings. The molecule has 0 aliphatic heterocycles. The van der Waals surface area contributed by atoms with Crippen molar-refractivity contribution >= 4 is 28.2 Å². The number of aromatic nitrogens is 2. The molecule has 0 saturated heterocycles. The number of thiazole rings is 1. The molecule has 2 heterocycles. The Morgan fingerprint density at radius 2 is 2.30 bits per heavy atom. The summed E-state index contributed by atoms with van der Waals surface area (Å²) < 4.78 is 1.84. The van der Waals surface area contributed by atoms with E-state index in [1.807, 2.05) is 23.6 Å². The maximum Gasteiger partial charge on any atom is 0.326 e. The molecule has 0 aliphatic carbocycles. The number of hydrogen-bond donors (Lipinski definition) is 2. The fraction of sp³-hybridized carbons (Fsp3) is 0.462. The summed E-state index contributed by atoms with van der Waals surface area (Å²) in [4.78, 5) is 28.1. The number of carbonyl (C=O) groups excluding carboxylic acids is 1. The number of amides is 1. The largest absolute Gasteiger partial charge is 0.480 e. The molecule has 2 aromatic rings. The average Bonchev–Trinajstić information content (AvgIpc) is 3.00. The zero-order valence-electron chi connectivity index (χ0n) is 11.4. The minimum absolute atomic E-state index is 0.104. The molecule has 2 aromatic heterocycles. The van der Waals surface area contributed by atoms with Crippen molar-refractivity contribution in [3.8, 4) is 0 Å². The van der Waals surface area contributed by atoms with Gasteiger partial charge in [0.25, 0.3) is 0 Å². The third kappa shape index (κ3) is 2.98. The zero-order chi connectivity index (χ0) is 14.7.